The lowest BCUT2D eigenvalue weighted by atomic mass is 9.83. The van der Waals surface area contributed by atoms with Crippen LogP contribution in [0.25, 0.3) is 0 Å². The van der Waals surface area contributed by atoms with Crippen LogP contribution in [0.15, 0.2) is 24.3 Å². The lowest BCUT2D eigenvalue weighted by Gasteiger charge is -2.39. The monoisotopic (exact) mass is 292 g/mol. The smallest absolute Gasteiger partial charge is 0.119 e. The summed E-state index contributed by atoms with van der Waals surface area (Å²) in [6.07, 6.45) is 8.00. The second-order valence-electron chi connectivity index (χ2n) is 5.96. The minimum Gasteiger partial charge on any atom is -0.497 e. The minimum atomic E-state index is -0.158. The molecule has 1 unspecified atom stereocenters. The van der Waals surface area contributed by atoms with Crippen molar-refractivity contribution in [1.29, 1.82) is 0 Å². The third-order valence-corrected chi connectivity index (χ3v) is 4.77. The van der Waals surface area contributed by atoms with Gasteiger partial charge in [0, 0.05) is 7.11 Å². The summed E-state index contributed by atoms with van der Waals surface area (Å²) in [7, 11) is 3.51. The Bertz CT molecular complexity index is 429. The van der Waals surface area contributed by atoms with E-state index >= 15 is 0 Å². The van der Waals surface area contributed by atoms with Crippen molar-refractivity contribution in [3.8, 4) is 5.75 Å². The summed E-state index contributed by atoms with van der Waals surface area (Å²) >= 11 is 0. The topological polar surface area (TPSA) is 56.5 Å². The van der Waals surface area contributed by atoms with Gasteiger partial charge in [-0.2, -0.15) is 0 Å². The summed E-state index contributed by atoms with van der Waals surface area (Å²) in [6.45, 7) is 0. The van der Waals surface area contributed by atoms with Crippen LogP contribution in [-0.2, 0) is 11.2 Å². The number of nitrogens with one attached hydrogen (secondary N) is 1. The van der Waals surface area contributed by atoms with Crippen molar-refractivity contribution < 1.29 is 9.47 Å². The lowest BCUT2D eigenvalue weighted by Crippen LogP contribution is -2.55. The fourth-order valence-electron chi connectivity index (χ4n) is 3.45. The van der Waals surface area contributed by atoms with Crippen LogP contribution in [-0.4, -0.2) is 25.9 Å². The third-order valence-electron chi connectivity index (χ3n) is 4.77. The van der Waals surface area contributed by atoms with E-state index in [1.807, 2.05) is 19.2 Å². The summed E-state index contributed by atoms with van der Waals surface area (Å²) in [6, 6.07) is 8.30. The maximum absolute atomic E-state index is 5.97. The highest BCUT2D eigenvalue weighted by Crippen LogP contribution is 2.34. The molecule has 0 heterocycles. The first-order valence-corrected chi connectivity index (χ1v) is 7.88. The molecule has 1 aliphatic rings. The second kappa shape index (κ2) is 7.78. The Morgan fingerprint density at radius 2 is 1.90 bits per heavy atom. The van der Waals surface area contributed by atoms with Gasteiger partial charge in [0.05, 0.1) is 18.8 Å². The fourth-order valence-corrected chi connectivity index (χ4v) is 3.45. The Morgan fingerprint density at radius 1 is 1.19 bits per heavy atom. The number of benzene rings is 1. The van der Waals surface area contributed by atoms with E-state index in [1.165, 1.54) is 31.2 Å². The van der Waals surface area contributed by atoms with Gasteiger partial charge in [-0.1, -0.05) is 37.8 Å². The molecular formula is C17H28N2O2. The van der Waals surface area contributed by atoms with Gasteiger partial charge in [0.15, 0.2) is 0 Å². The van der Waals surface area contributed by atoms with Gasteiger partial charge < -0.3 is 9.47 Å². The molecule has 1 aromatic carbocycles. The Labute approximate surface area is 128 Å². The average Bonchev–Trinajstić information content (AvgIpc) is 2.79. The molecule has 0 aliphatic heterocycles. The van der Waals surface area contributed by atoms with Gasteiger partial charge in [-0.25, -0.2) is 0 Å². The van der Waals surface area contributed by atoms with Gasteiger partial charge in [0.2, 0.25) is 0 Å². The number of methoxy groups -OCH3 is 2. The van der Waals surface area contributed by atoms with E-state index in [1.54, 1.807) is 7.11 Å². The molecule has 0 bridgehead atoms. The van der Waals surface area contributed by atoms with Crippen LogP contribution in [0.4, 0.5) is 0 Å². The van der Waals surface area contributed by atoms with Crippen molar-refractivity contribution in [2.75, 3.05) is 14.2 Å². The maximum Gasteiger partial charge on any atom is 0.119 e. The van der Waals surface area contributed by atoms with Crippen molar-refractivity contribution in [2.24, 2.45) is 5.84 Å². The van der Waals surface area contributed by atoms with E-state index < -0.39 is 0 Å². The zero-order valence-electron chi connectivity index (χ0n) is 13.2. The van der Waals surface area contributed by atoms with Gasteiger partial charge in [0.25, 0.3) is 0 Å². The predicted molar refractivity (Wildman–Crippen MR) is 85.3 cm³/mol. The van der Waals surface area contributed by atoms with Crippen LogP contribution < -0.4 is 16.0 Å². The molecule has 2 rings (SSSR count). The minimum absolute atomic E-state index is 0.118. The molecule has 1 aliphatic carbocycles. The van der Waals surface area contributed by atoms with Crippen molar-refractivity contribution in [3.63, 3.8) is 0 Å². The molecule has 4 nitrogen and oxygen atoms in total. The Morgan fingerprint density at radius 3 is 2.48 bits per heavy atom. The largest absolute Gasteiger partial charge is 0.497 e. The van der Waals surface area contributed by atoms with E-state index in [0.29, 0.717) is 0 Å². The summed E-state index contributed by atoms with van der Waals surface area (Å²) in [5, 5.41) is 0. The molecular weight excluding hydrogens is 264 g/mol. The highest BCUT2D eigenvalue weighted by molar-refractivity contribution is 5.29. The van der Waals surface area contributed by atoms with Crippen LogP contribution in [0.5, 0.6) is 5.75 Å². The highest BCUT2D eigenvalue weighted by atomic mass is 16.5. The summed E-state index contributed by atoms with van der Waals surface area (Å²) < 4.78 is 11.3. The number of ether oxygens (including phenoxy) is 2. The van der Waals surface area contributed by atoms with Crippen molar-refractivity contribution in [1.82, 2.24) is 5.43 Å². The van der Waals surface area contributed by atoms with E-state index in [4.69, 9.17) is 15.3 Å². The van der Waals surface area contributed by atoms with Gasteiger partial charge >= 0.3 is 0 Å². The summed E-state index contributed by atoms with van der Waals surface area (Å²) in [4.78, 5) is 0. The number of hydrogen-bond acceptors (Lipinski definition) is 4. The zero-order valence-corrected chi connectivity index (χ0v) is 13.2. The van der Waals surface area contributed by atoms with Crippen molar-refractivity contribution >= 4 is 0 Å². The van der Waals surface area contributed by atoms with Crippen LogP contribution >= 0.6 is 0 Å². The Kier molecular flexibility index (Phi) is 6.03. The first-order chi connectivity index (χ1) is 10.2. The highest BCUT2D eigenvalue weighted by Gasteiger charge is 2.38. The first-order valence-electron chi connectivity index (χ1n) is 7.88. The molecule has 21 heavy (non-hydrogen) atoms. The number of hydrazine groups is 1. The van der Waals surface area contributed by atoms with E-state index in [9.17, 15) is 0 Å². The number of nitrogens with two attached hydrogens (primary N) is 1. The zero-order chi connectivity index (χ0) is 15.1. The molecule has 3 N–H and O–H groups in total. The average molecular weight is 292 g/mol. The van der Waals surface area contributed by atoms with Gasteiger partial charge in [-0.05, 0) is 37.0 Å². The van der Waals surface area contributed by atoms with E-state index in [2.05, 4.69) is 17.6 Å². The molecule has 0 aromatic heterocycles. The van der Waals surface area contributed by atoms with E-state index in [0.717, 1.165) is 25.0 Å². The quantitative estimate of drug-likeness (QED) is 0.481. The molecule has 1 atom stereocenters. The number of hydrogen-bond donors (Lipinski definition) is 2. The molecule has 1 fully saturated rings. The van der Waals surface area contributed by atoms with Crippen LogP contribution in [0.2, 0.25) is 0 Å². The summed E-state index contributed by atoms with van der Waals surface area (Å²) in [5.41, 5.74) is 4.07. The maximum atomic E-state index is 5.97. The molecule has 0 saturated heterocycles. The third kappa shape index (κ3) is 3.96. The van der Waals surface area contributed by atoms with Gasteiger partial charge in [-0.3, -0.25) is 11.3 Å². The SMILES string of the molecule is COc1cccc(CC(NN)C2(OC)CCCCCC2)c1. The molecule has 0 radical (unpaired) electrons. The summed E-state index contributed by atoms with van der Waals surface area (Å²) in [5.74, 6) is 6.76. The molecule has 0 amide bonds. The van der Waals surface area contributed by atoms with Crippen LogP contribution in [0.3, 0.4) is 0 Å². The van der Waals surface area contributed by atoms with Crippen LogP contribution in [0, 0.1) is 0 Å². The molecule has 0 spiro atoms. The van der Waals surface area contributed by atoms with Crippen LogP contribution in [0.1, 0.15) is 44.1 Å². The normalized spacial score (nSPS) is 19.8. The van der Waals surface area contributed by atoms with Crippen molar-refractivity contribution in [2.45, 2.75) is 56.6 Å². The Hall–Kier alpha value is -1.10. The van der Waals surface area contributed by atoms with Gasteiger partial charge in [0.1, 0.15) is 5.75 Å². The molecule has 4 heteroatoms. The molecule has 1 saturated carbocycles. The first kappa shape index (κ1) is 16.3. The van der Waals surface area contributed by atoms with Crippen molar-refractivity contribution in [3.05, 3.63) is 29.8 Å². The van der Waals surface area contributed by atoms with E-state index in [-0.39, 0.29) is 11.6 Å². The fraction of sp³-hybridized carbons (Fsp3) is 0.647. The standard InChI is InChI=1S/C17H28N2O2/c1-20-15-9-7-8-14(12-15)13-16(19-18)17(21-2)10-5-3-4-6-11-17/h7-9,12,16,19H,3-6,10-11,13,18H2,1-2H3. The second-order valence-corrected chi connectivity index (χ2v) is 5.96. The molecule has 118 valence electrons. The number of rotatable bonds is 6. The van der Waals surface area contributed by atoms with Gasteiger partial charge in [-0.15, -0.1) is 0 Å². The predicted octanol–water partition coefficient (Wildman–Crippen LogP) is 2.81. The lowest BCUT2D eigenvalue weighted by molar-refractivity contribution is -0.0527. The Balaban J connectivity index is 2.16. The molecule has 1 aromatic rings.